The summed E-state index contributed by atoms with van der Waals surface area (Å²) in [6, 6.07) is 17.2. The van der Waals surface area contributed by atoms with Gasteiger partial charge >= 0.3 is 0 Å². The maximum absolute atomic E-state index is 6.51. The second kappa shape index (κ2) is 10.1. The minimum Gasteiger partial charge on any atom is -0.490 e. The normalized spacial score (nSPS) is 10.7. The topological polar surface area (TPSA) is 30.5 Å². The molecule has 152 valence electrons. The summed E-state index contributed by atoms with van der Waals surface area (Å²) in [6.07, 6.45) is 0. The van der Waals surface area contributed by atoms with Gasteiger partial charge in [-0.05, 0) is 49.2 Å². The number of anilines is 1. The maximum Gasteiger partial charge on any atom is 0.163 e. The molecule has 0 unspecified atom stereocenters. The Kier molecular flexibility index (Phi) is 7.54. The summed E-state index contributed by atoms with van der Waals surface area (Å²) in [6.45, 7) is 5.42. The summed E-state index contributed by atoms with van der Waals surface area (Å²) in [5, 5.41) is 5.05. The van der Waals surface area contributed by atoms with E-state index in [1.807, 2.05) is 25.1 Å². The molecule has 0 atom stereocenters. The molecule has 3 aromatic carbocycles. The van der Waals surface area contributed by atoms with Crippen LogP contribution in [0.2, 0.25) is 15.1 Å². The number of benzene rings is 3. The Labute approximate surface area is 186 Å². The van der Waals surface area contributed by atoms with Crippen molar-refractivity contribution in [2.75, 3.05) is 11.9 Å². The maximum atomic E-state index is 6.51. The van der Waals surface area contributed by atoms with Gasteiger partial charge in [0.2, 0.25) is 0 Å². The fourth-order valence-electron chi connectivity index (χ4n) is 2.76. The zero-order valence-corrected chi connectivity index (χ0v) is 18.5. The molecular formula is C23H22Cl3NO2. The van der Waals surface area contributed by atoms with Gasteiger partial charge < -0.3 is 14.8 Å². The van der Waals surface area contributed by atoms with Gasteiger partial charge in [0.25, 0.3) is 0 Å². The number of aryl methyl sites for hydroxylation is 1. The minimum absolute atomic E-state index is 0.437. The Morgan fingerprint density at radius 2 is 1.55 bits per heavy atom. The van der Waals surface area contributed by atoms with Crippen LogP contribution in [0.3, 0.4) is 0 Å². The van der Waals surface area contributed by atoms with Crippen molar-refractivity contribution in [1.82, 2.24) is 0 Å². The fourth-order valence-corrected chi connectivity index (χ4v) is 3.34. The first kappa shape index (κ1) is 21.6. The molecule has 3 aromatic rings. The van der Waals surface area contributed by atoms with Gasteiger partial charge in [0.1, 0.15) is 6.61 Å². The van der Waals surface area contributed by atoms with Crippen molar-refractivity contribution in [2.45, 2.75) is 27.0 Å². The Morgan fingerprint density at radius 1 is 0.828 bits per heavy atom. The van der Waals surface area contributed by atoms with Crippen molar-refractivity contribution >= 4 is 40.5 Å². The largest absolute Gasteiger partial charge is 0.490 e. The first-order valence-corrected chi connectivity index (χ1v) is 10.4. The van der Waals surface area contributed by atoms with Crippen LogP contribution < -0.4 is 14.8 Å². The highest BCUT2D eigenvalue weighted by molar-refractivity contribution is 6.35. The molecular weight excluding hydrogens is 429 g/mol. The SMILES string of the molecule is CCOc1cc(CNc2cc(Cl)ccc2Cl)c(Cl)cc1OCc1ccc(C)cc1. The first-order chi connectivity index (χ1) is 14.0. The predicted molar refractivity (Wildman–Crippen MR) is 122 cm³/mol. The smallest absolute Gasteiger partial charge is 0.163 e. The molecule has 0 spiro atoms. The van der Waals surface area contributed by atoms with E-state index in [1.165, 1.54) is 5.56 Å². The van der Waals surface area contributed by atoms with Gasteiger partial charge in [-0.15, -0.1) is 0 Å². The van der Waals surface area contributed by atoms with Crippen molar-refractivity contribution in [3.05, 3.63) is 86.4 Å². The molecule has 0 saturated carbocycles. The molecule has 0 amide bonds. The van der Waals surface area contributed by atoms with E-state index in [2.05, 4.69) is 24.4 Å². The average Bonchev–Trinajstić information content (AvgIpc) is 2.70. The molecule has 0 fully saturated rings. The molecule has 0 aliphatic heterocycles. The van der Waals surface area contributed by atoms with Gasteiger partial charge in [-0.2, -0.15) is 0 Å². The third-order valence-electron chi connectivity index (χ3n) is 4.33. The Bertz CT molecular complexity index is 975. The molecule has 0 radical (unpaired) electrons. The Balaban J connectivity index is 1.76. The fraction of sp³-hybridized carbons (Fsp3) is 0.217. The van der Waals surface area contributed by atoms with E-state index in [1.54, 1.807) is 24.3 Å². The summed E-state index contributed by atoms with van der Waals surface area (Å²) >= 11 is 18.8. The van der Waals surface area contributed by atoms with Crippen LogP contribution in [-0.4, -0.2) is 6.61 Å². The predicted octanol–water partition coefficient (Wildman–Crippen LogP) is 7.55. The monoisotopic (exact) mass is 449 g/mol. The lowest BCUT2D eigenvalue weighted by Gasteiger charge is -2.16. The van der Waals surface area contributed by atoms with Crippen molar-refractivity contribution in [2.24, 2.45) is 0 Å². The third kappa shape index (κ3) is 5.96. The molecule has 0 saturated heterocycles. The van der Waals surface area contributed by atoms with Crippen LogP contribution in [0.4, 0.5) is 5.69 Å². The number of hydrogen-bond acceptors (Lipinski definition) is 3. The van der Waals surface area contributed by atoms with Gasteiger partial charge in [0.15, 0.2) is 11.5 Å². The zero-order valence-electron chi connectivity index (χ0n) is 16.3. The molecule has 6 heteroatoms. The van der Waals surface area contributed by atoms with Crippen LogP contribution in [-0.2, 0) is 13.2 Å². The zero-order chi connectivity index (χ0) is 20.8. The number of ether oxygens (including phenoxy) is 2. The van der Waals surface area contributed by atoms with Crippen LogP contribution >= 0.6 is 34.8 Å². The van der Waals surface area contributed by atoms with E-state index in [0.29, 0.717) is 46.3 Å². The van der Waals surface area contributed by atoms with E-state index >= 15 is 0 Å². The summed E-state index contributed by atoms with van der Waals surface area (Å²) < 4.78 is 11.8. The van der Waals surface area contributed by atoms with Crippen molar-refractivity contribution in [3.63, 3.8) is 0 Å². The van der Waals surface area contributed by atoms with E-state index in [4.69, 9.17) is 44.3 Å². The van der Waals surface area contributed by atoms with Crippen molar-refractivity contribution in [3.8, 4) is 11.5 Å². The molecule has 0 heterocycles. The highest BCUT2D eigenvalue weighted by Gasteiger charge is 2.12. The number of rotatable bonds is 8. The quantitative estimate of drug-likeness (QED) is 0.384. The molecule has 0 aliphatic rings. The lowest BCUT2D eigenvalue weighted by molar-refractivity contribution is 0.269. The highest BCUT2D eigenvalue weighted by Crippen LogP contribution is 2.35. The number of nitrogens with one attached hydrogen (secondary N) is 1. The van der Waals surface area contributed by atoms with E-state index in [-0.39, 0.29) is 0 Å². The van der Waals surface area contributed by atoms with Crippen molar-refractivity contribution in [1.29, 1.82) is 0 Å². The minimum atomic E-state index is 0.437. The summed E-state index contributed by atoms with van der Waals surface area (Å²) in [5.74, 6) is 1.26. The van der Waals surface area contributed by atoms with Crippen LogP contribution in [0.25, 0.3) is 0 Å². The van der Waals surface area contributed by atoms with Gasteiger partial charge in [0, 0.05) is 22.7 Å². The molecule has 0 bridgehead atoms. The second-order valence-electron chi connectivity index (χ2n) is 6.58. The van der Waals surface area contributed by atoms with Crippen LogP contribution in [0.1, 0.15) is 23.6 Å². The van der Waals surface area contributed by atoms with Crippen LogP contribution in [0.5, 0.6) is 11.5 Å². The summed E-state index contributed by atoms with van der Waals surface area (Å²) in [4.78, 5) is 0. The van der Waals surface area contributed by atoms with E-state index in [0.717, 1.165) is 16.8 Å². The molecule has 3 rings (SSSR count). The number of hydrogen-bond donors (Lipinski definition) is 1. The highest BCUT2D eigenvalue weighted by atomic mass is 35.5. The summed E-state index contributed by atoms with van der Waals surface area (Å²) in [5.41, 5.74) is 3.90. The van der Waals surface area contributed by atoms with Gasteiger partial charge in [-0.3, -0.25) is 0 Å². The first-order valence-electron chi connectivity index (χ1n) is 9.28. The summed E-state index contributed by atoms with van der Waals surface area (Å²) in [7, 11) is 0. The third-order valence-corrected chi connectivity index (χ3v) is 5.24. The average molecular weight is 451 g/mol. The Hall–Kier alpha value is -2.07. The standard InChI is InChI=1S/C23H22Cl3NO2/c1-3-28-22-10-17(13-27-21-11-18(24)8-9-19(21)25)20(26)12-23(22)29-14-16-6-4-15(2)5-7-16/h4-12,27H,3,13-14H2,1-2H3. The van der Waals surface area contributed by atoms with Gasteiger partial charge in [-0.25, -0.2) is 0 Å². The lowest BCUT2D eigenvalue weighted by Crippen LogP contribution is -2.04. The molecule has 3 nitrogen and oxygen atoms in total. The van der Waals surface area contributed by atoms with E-state index < -0.39 is 0 Å². The Morgan fingerprint density at radius 3 is 2.28 bits per heavy atom. The van der Waals surface area contributed by atoms with Gasteiger partial charge in [0.05, 0.1) is 17.3 Å². The van der Waals surface area contributed by atoms with E-state index in [9.17, 15) is 0 Å². The molecule has 1 N–H and O–H groups in total. The molecule has 29 heavy (non-hydrogen) atoms. The number of halogens is 3. The second-order valence-corrected chi connectivity index (χ2v) is 7.83. The molecule has 0 aliphatic carbocycles. The van der Waals surface area contributed by atoms with Crippen molar-refractivity contribution < 1.29 is 9.47 Å². The lowest BCUT2D eigenvalue weighted by atomic mass is 10.1. The molecule has 0 aromatic heterocycles. The van der Waals surface area contributed by atoms with Gasteiger partial charge in [-0.1, -0.05) is 64.6 Å². The van der Waals surface area contributed by atoms with Crippen LogP contribution in [0.15, 0.2) is 54.6 Å². The van der Waals surface area contributed by atoms with Crippen LogP contribution in [0, 0.1) is 6.92 Å².